The molecule has 25 heavy (non-hydrogen) atoms. The van der Waals surface area contributed by atoms with Crippen LogP contribution in [0.3, 0.4) is 0 Å². The fourth-order valence-electron chi connectivity index (χ4n) is 2.26. The molecule has 2 N–H and O–H groups in total. The standard InChI is InChI=1S/C18H25ClN2O4/c1-3-9-25-16-14(19)10-13(11-15(16)24-4-2)18(23)21-8-7-20-17(22)12-5-6-12/h10-12H,3-9H2,1-2H3,(H,20,22)(H,21,23). The highest BCUT2D eigenvalue weighted by Crippen LogP contribution is 2.36. The first-order valence-electron chi connectivity index (χ1n) is 8.71. The van der Waals surface area contributed by atoms with E-state index in [4.69, 9.17) is 21.1 Å². The summed E-state index contributed by atoms with van der Waals surface area (Å²) in [5.41, 5.74) is 0.394. The van der Waals surface area contributed by atoms with E-state index in [2.05, 4.69) is 10.6 Å². The minimum Gasteiger partial charge on any atom is -0.490 e. The summed E-state index contributed by atoms with van der Waals surface area (Å²) in [7, 11) is 0. The molecule has 2 rings (SSSR count). The van der Waals surface area contributed by atoms with Crippen LogP contribution in [0.1, 0.15) is 43.5 Å². The maximum absolute atomic E-state index is 12.3. The Kier molecular flexibility index (Phi) is 7.37. The largest absolute Gasteiger partial charge is 0.490 e. The van der Waals surface area contributed by atoms with Crippen molar-refractivity contribution in [1.82, 2.24) is 10.6 Å². The molecule has 0 atom stereocenters. The number of nitrogens with one attached hydrogen (secondary N) is 2. The van der Waals surface area contributed by atoms with Gasteiger partial charge in [0.05, 0.1) is 18.2 Å². The molecule has 0 bridgehead atoms. The highest BCUT2D eigenvalue weighted by Gasteiger charge is 2.29. The van der Waals surface area contributed by atoms with E-state index in [-0.39, 0.29) is 17.7 Å². The van der Waals surface area contributed by atoms with E-state index in [1.54, 1.807) is 12.1 Å². The van der Waals surface area contributed by atoms with Gasteiger partial charge in [-0.1, -0.05) is 18.5 Å². The van der Waals surface area contributed by atoms with Crippen LogP contribution in [0.2, 0.25) is 5.02 Å². The first kappa shape index (κ1) is 19.4. The predicted octanol–water partition coefficient (Wildman–Crippen LogP) is 2.78. The third-order valence-corrected chi connectivity index (χ3v) is 3.96. The number of halogens is 1. The Balaban J connectivity index is 1.94. The normalized spacial score (nSPS) is 13.2. The molecule has 6 nitrogen and oxygen atoms in total. The van der Waals surface area contributed by atoms with E-state index in [9.17, 15) is 9.59 Å². The van der Waals surface area contributed by atoms with Gasteiger partial charge in [-0.05, 0) is 38.3 Å². The zero-order valence-electron chi connectivity index (χ0n) is 14.7. The summed E-state index contributed by atoms with van der Waals surface area (Å²) in [4.78, 5) is 23.8. The van der Waals surface area contributed by atoms with Crippen molar-refractivity contribution >= 4 is 23.4 Å². The second kappa shape index (κ2) is 9.51. The molecule has 1 aromatic carbocycles. The Morgan fingerprint density at radius 1 is 1.16 bits per heavy atom. The number of hydrogen-bond donors (Lipinski definition) is 2. The van der Waals surface area contributed by atoms with Crippen LogP contribution in [-0.2, 0) is 4.79 Å². The number of hydrogen-bond acceptors (Lipinski definition) is 4. The van der Waals surface area contributed by atoms with E-state index in [0.29, 0.717) is 48.4 Å². The molecule has 0 unspecified atom stereocenters. The molecule has 2 amide bonds. The molecule has 0 heterocycles. The van der Waals surface area contributed by atoms with E-state index in [1.807, 2.05) is 13.8 Å². The highest BCUT2D eigenvalue weighted by molar-refractivity contribution is 6.32. The highest BCUT2D eigenvalue weighted by atomic mass is 35.5. The fraction of sp³-hybridized carbons (Fsp3) is 0.556. The Bertz CT molecular complexity index is 617. The topological polar surface area (TPSA) is 76.7 Å². The third kappa shape index (κ3) is 5.81. The maximum atomic E-state index is 12.3. The van der Waals surface area contributed by atoms with Crippen LogP contribution in [0, 0.1) is 5.92 Å². The number of ether oxygens (including phenoxy) is 2. The lowest BCUT2D eigenvalue weighted by Gasteiger charge is -2.15. The Labute approximate surface area is 153 Å². The smallest absolute Gasteiger partial charge is 0.251 e. The number of carbonyl (C=O) groups excluding carboxylic acids is 2. The molecule has 138 valence electrons. The molecule has 0 aromatic heterocycles. The van der Waals surface area contributed by atoms with Crippen molar-refractivity contribution in [3.05, 3.63) is 22.7 Å². The van der Waals surface area contributed by atoms with Crippen molar-refractivity contribution in [1.29, 1.82) is 0 Å². The summed E-state index contributed by atoms with van der Waals surface area (Å²) in [5, 5.41) is 5.91. The van der Waals surface area contributed by atoms with Gasteiger partial charge in [-0.25, -0.2) is 0 Å². The van der Waals surface area contributed by atoms with Gasteiger partial charge in [0, 0.05) is 24.6 Å². The zero-order valence-corrected chi connectivity index (χ0v) is 15.4. The molecule has 0 radical (unpaired) electrons. The molecule has 1 aromatic rings. The monoisotopic (exact) mass is 368 g/mol. The van der Waals surface area contributed by atoms with Crippen molar-refractivity contribution in [3.8, 4) is 11.5 Å². The lowest BCUT2D eigenvalue weighted by atomic mass is 10.2. The molecule has 1 aliphatic carbocycles. The average Bonchev–Trinajstić information content (AvgIpc) is 3.42. The van der Waals surface area contributed by atoms with E-state index < -0.39 is 0 Å². The van der Waals surface area contributed by atoms with Crippen LogP contribution < -0.4 is 20.1 Å². The van der Waals surface area contributed by atoms with Crippen LogP contribution in [-0.4, -0.2) is 38.1 Å². The molecule has 7 heteroatoms. The summed E-state index contributed by atoms with van der Waals surface area (Å²) < 4.78 is 11.2. The quantitative estimate of drug-likeness (QED) is 0.622. The Morgan fingerprint density at radius 3 is 2.52 bits per heavy atom. The van der Waals surface area contributed by atoms with Crippen LogP contribution in [0.4, 0.5) is 0 Å². The van der Waals surface area contributed by atoms with Gasteiger partial charge in [-0.3, -0.25) is 9.59 Å². The summed E-state index contributed by atoms with van der Waals surface area (Å²) in [5.74, 6) is 0.868. The van der Waals surface area contributed by atoms with Crippen LogP contribution in [0.15, 0.2) is 12.1 Å². The Hall–Kier alpha value is -1.95. The van der Waals surface area contributed by atoms with Crippen LogP contribution in [0.5, 0.6) is 11.5 Å². The maximum Gasteiger partial charge on any atom is 0.251 e. The molecular formula is C18H25ClN2O4. The van der Waals surface area contributed by atoms with Crippen molar-refractivity contribution in [2.75, 3.05) is 26.3 Å². The van der Waals surface area contributed by atoms with Crippen molar-refractivity contribution in [2.24, 2.45) is 5.92 Å². The minimum atomic E-state index is -0.273. The SMILES string of the molecule is CCCOc1c(Cl)cc(C(=O)NCCNC(=O)C2CC2)cc1OCC. The lowest BCUT2D eigenvalue weighted by molar-refractivity contribution is -0.122. The van der Waals surface area contributed by atoms with Gasteiger partial charge >= 0.3 is 0 Å². The van der Waals surface area contributed by atoms with Crippen molar-refractivity contribution < 1.29 is 19.1 Å². The fourth-order valence-corrected chi connectivity index (χ4v) is 2.53. The van der Waals surface area contributed by atoms with Gasteiger partial charge in [0.15, 0.2) is 11.5 Å². The molecule has 0 spiro atoms. The second-order valence-electron chi connectivity index (χ2n) is 5.89. The Morgan fingerprint density at radius 2 is 1.88 bits per heavy atom. The first-order chi connectivity index (χ1) is 12.1. The molecule has 0 saturated heterocycles. The van der Waals surface area contributed by atoms with Crippen LogP contribution in [0.25, 0.3) is 0 Å². The summed E-state index contributed by atoms with van der Waals surface area (Å²) in [6.07, 6.45) is 2.77. The molecule has 1 fully saturated rings. The summed E-state index contributed by atoms with van der Waals surface area (Å²) >= 11 is 6.25. The molecule has 0 aliphatic heterocycles. The van der Waals surface area contributed by atoms with Crippen molar-refractivity contribution in [2.45, 2.75) is 33.1 Å². The molecule has 1 aliphatic rings. The molecule has 1 saturated carbocycles. The summed E-state index contributed by atoms with van der Waals surface area (Å²) in [6.45, 7) is 5.58. The van der Waals surface area contributed by atoms with Gasteiger partial charge in [-0.2, -0.15) is 0 Å². The molecular weight excluding hydrogens is 344 g/mol. The van der Waals surface area contributed by atoms with Gasteiger partial charge in [-0.15, -0.1) is 0 Å². The third-order valence-electron chi connectivity index (χ3n) is 3.68. The lowest BCUT2D eigenvalue weighted by Crippen LogP contribution is -2.35. The van der Waals surface area contributed by atoms with E-state index >= 15 is 0 Å². The van der Waals surface area contributed by atoms with Gasteiger partial charge in [0.25, 0.3) is 5.91 Å². The number of amides is 2. The second-order valence-corrected chi connectivity index (χ2v) is 6.30. The number of rotatable bonds is 10. The average molecular weight is 369 g/mol. The first-order valence-corrected chi connectivity index (χ1v) is 9.09. The van der Waals surface area contributed by atoms with E-state index in [1.165, 1.54) is 0 Å². The number of benzene rings is 1. The van der Waals surface area contributed by atoms with Crippen molar-refractivity contribution in [3.63, 3.8) is 0 Å². The number of carbonyl (C=O) groups is 2. The zero-order chi connectivity index (χ0) is 18.2. The summed E-state index contributed by atoms with van der Waals surface area (Å²) in [6, 6.07) is 3.19. The van der Waals surface area contributed by atoms with E-state index in [0.717, 1.165) is 19.3 Å². The minimum absolute atomic E-state index is 0.0633. The van der Waals surface area contributed by atoms with Gasteiger partial charge in [0.1, 0.15) is 0 Å². The van der Waals surface area contributed by atoms with Crippen LogP contribution >= 0.6 is 11.6 Å². The van der Waals surface area contributed by atoms with Gasteiger partial charge in [0.2, 0.25) is 5.91 Å². The predicted molar refractivity (Wildman–Crippen MR) is 96.5 cm³/mol. The van der Waals surface area contributed by atoms with Gasteiger partial charge < -0.3 is 20.1 Å².